The first-order valence-corrected chi connectivity index (χ1v) is 13.3. The molecule has 0 fully saturated rings. The highest BCUT2D eigenvalue weighted by atomic mass is 15.1. The van der Waals surface area contributed by atoms with Crippen molar-refractivity contribution in [1.29, 1.82) is 0 Å². The van der Waals surface area contributed by atoms with E-state index in [-0.39, 0.29) is 0 Å². The van der Waals surface area contributed by atoms with E-state index in [4.69, 9.17) is 9.97 Å². The van der Waals surface area contributed by atoms with Gasteiger partial charge in [0, 0.05) is 17.3 Å². The minimum absolute atomic E-state index is 0.552. The predicted molar refractivity (Wildman–Crippen MR) is 164 cm³/mol. The summed E-state index contributed by atoms with van der Waals surface area (Å²) in [4.78, 5) is 9.97. The Balaban J connectivity index is 1.36. The average molecular weight is 511 g/mol. The quantitative estimate of drug-likeness (QED) is 0.223. The van der Waals surface area contributed by atoms with E-state index in [0.29, 0.717) is 11.5 Å². The molecule has 40 heavy (non-hydrogen) atoms. The molecule has 0 aliphatic heterocycles. The zero-order chi connectivity index (χ0) is 26.5. The Morgan fingerprint density at radius 2 is 0.875 bits per heavy atom. The number of rotatable bonds is 3. The van der Waals surface area contributed by atoms with Crippen LogP contribution in [0.2, 0.25) is 0 Å². The average Bonchev–Trinajstić information content (AvgIpc) is 3.04. The lowest BCUT2D eigenvalue weighted by Gasteiger charge is -2.11. The second-order valence-electron chi connectivity index (χ2n) is 10.0. The normalized spacial score (nSPS) is 11.5. The van der Waals surface area contributed by atoms with E-state index < -0.39 is 0 Å². The fraction of sp³-hybridized carbons (Fsp3) is 0. The van der Waals surface area contributed by atoms with Gasteiger partial charge in [-0.3, -0.25) is 0 Å². The summed E-state index contributed by atoms with van der Waals surface area (Å²) in [5.41, 5.74) is 4.40. The van der Waals surface area contributed by atoms with Gasteiger partial charge in [0.05, 0.1) is 11.4 Å². The van der Waals surface area contributed by atoms with Gasteiger partial charge in [0.15, 0.2) is 5.82 Å². The van der Waals surface area contributed by atoms with Gasteiger partial charge in [-0.2, -0.15) is 5.10 Å². The van der Waals surface area contributed by atoms with Crippen LogP contribution in [-0.4, -0.2) is 20.2 Å². The SMILES string of the molecule is c1cnnc(-c2nc(-c3ccc4ccc5ccccc5c4c3)cc(-c3ccc4ccc5ccccc5c4c3)n2)c1. The van der Waals surface area contributed by atoms with Crippen LogP contribution in [0.3, 0.4) is 0 Å². The van der Waals surface area contributed by atoms with E-state index in [1.165, 1.54) is 43.1 Å². The maximum Gasteiger partial charge on any atom is 0.181 e. The molecule has 4 heteroatoms. The van der Waals surface area contributed by atoms with Gasteiger partial charge >= 0.3 is 0 Å². The summed E-state index contributed by atoms with van der Waals surface area (Å²) in [6, 6.07) is 44.6. The monoisotopic (exact) mass is 510 g/mol. The second kappa shape index (κ2) is 9.07. The minimum Gasteiger partial charge on any atom is -0.226 e. The summed E-state index contributed by atoms with van der Waals surface area (Å²) < 4.78 is 0. The highest BCUT2D eigenvalue weighted by Crippen LogP contribution is 2.34. The maximum absolute atomic E-state index is 4.98. The number of aromatic nitrogens is 4. The lowest BCUT2D eigenvalue weighted by Crippen LogP contribution is -1.98. The van der Waals surface area contributed by atoms with Crippen LogP contribution in [0.4, 0.5) is 0 Å². The Labute approximate surface area is 230 Å². The summed E-state index contributed by atoms with van der Waals surface area (Å²) in [6.45, 7) is 0. The van der Waals surface area contributed by atoms with Crippen molar-refractivity contribution in [2.75, 3.05) is 0 Å². The van der Waals surface area contributed by atoms with Gasteiger partial charge in [-0.1, -0.05) is 97.1 Å². The lowest BCUT2D eigenvalue weighted by molar-refractivity contribution is 1.01. The number of hydrogen-bond acceptors (Lipinski definition) is 4. The van der Waals surface area contributed by atoms with E-state index in [0.717, 1.165) is 22.5 Å². The standard InChI is InChI=1S/C36H22N4/c1-3-8-29-23(6-1)11-13-25-15-17-27(20-31(25)29)34-22-35(39-36(38-34)33-10-5-19-37-40-33)28-18-16-26-14-12-24-7-2-4-9-30(24)32(26)21-28/h1-22H. The van der Waals surface area contributed by atoms with Gasteiger partial charge < -0.3 is 0 Å². The molecule has 0 aliphatic carbocycles. The van der Waals surface area contributed by atoms with Gasteiger partial charge in [0.25, 0.3) is 0 Å². The van der Waals surface area contributed by atoms with Gasteiger partial charge in [0.2, 0.25) is 0 Å². The number of benzene rings is 6. The van der Waals surface area contributed by atoms with Crippen molar-refractivity contribution in [2.24, 2.45) is 0 Å². The molecule has 0 saturated heterocycles. The van der Waals surface area contributed by atoms with Crippen molar-refractivity contribution in [1.82, 2.24) is 20.2 Å². The first kappa shape index (κ1) is 22.5. The molecule has 2 aromatic heterocycles. The molecule has 0 bridgehead atoms. The fourth-order valence-corrected chi connectivity index (χ4v) is 5.60. The number of fused-ring (bicyclic) bond motifs is 6. The number of nitrogens with zero attached hydrogens (tertiary/aromatic N) is 4. The van der Waals surface area contributed by atoms with Crippen molar-refractivity contribution >= 4 is 43.1 Å². The Bertz CT molecular complexity index is 2080. The van der Waals surface area contributed by atoms with Crippen molar-refractivity contribution in [3.05, 3.63) is 134 Å². The molecule has 4 nitrogen and oxygen atoms in total. The molecule has 0 saturated carbocycles. The zero-order valence-electron chi connectivity index (χ0n) is 21.5. The fourth-order valence-electron chi connectivity index (χ4n) is 5.60. The third kappa shape index (κ3) is 3.77. The molecule has 8 rings (SSSR count). The van der Waals surface area contributed by atoms with E-state index in [9.17, 15) is 0 Å². The molecular formula is C36H22N4. The third-order valence-corrected chi connectivity index (χ3v) is 7.61. The molecule has 0 spiro atoms. The Kier molecular flexibility index (Phi) is 5.10. The minimum atomic E-state index is 0.552. The van der Waals surface area contributed by atoms with Crippen LogP contribution in [0.1, 0.15) is 0 Å². The summed E-state index contributed by atoms with van der Waals surface area (Å²) >= 11 is 0. The largest absolute Gasteiger partial charge is 0.226 e. The molecule has 0 amide bonds. The summed E-state index contributed by atoms with van der Waals surface area (Å²) in [5.74, 6) is 0.552. The Morgan fingerprint density at radius 1 is 0.375 bits per heavy atom. The van der Waals surface area contributed by atoms with Crippen LogP contribution in [0.5, 0.6) is 0 Å². The smallest absolute Gasteiger partial charge is 0.181 e. The summed E-state index contributed by atoms with van der Waals surface area (Å²) in [7, 11) is 0. The van der Waals surface area contributed by atoms with Gasteiger partial charge in [0.1, 0.15) is 5.69 Å². The maximum atomic E-state index is 4.98. The Morgan fingerprint density at radius 3 is 1.40 bits per heavy atom. The van der Waals surface area contributed by atoms with Crippen molar-refractivity contribution in [2.45, 2.75) is 0 Å². The van der Waals surface area contributed by atoms with Crippen LogP contribution in [0.25, 0.3) is 77.1 Å². The van der Waals surface area contributed by atoms with Gasteiger partial charge in [-0.15, -0.1) is 5.10 Å². The van der Waals surface area contributed by atoms with E-state index in [2.05, 4.69) is 125 Å². The first-order valence-electron chi connectivity index (χ1n) is 13.3. The summed E-state index contributed by atoms with van der Waals surface area (Å²) in [5, 5.41) is 18.1. The molecular weight excluding hydrogens is 488 g/mol. The third-order valence-electron chi connectivity index (χ3n) is 7.61. The highest BCUT2D eigenvalue weighted by molar-refractivity contribution is 6.09. The highest BCUT2D eigenvalue weighted by Gasteiger charge is 2.13. The van der Waals surface area contributed by atoms with Crippen molar-refractivity contribution in [3.8, 4) is 34.0 Å². The first-order chi connectivity index (χ1) is 19.8. The molecule has 2 heterocycles. The molecule has 186 valence electrons. The van der Waals surface area contributed by atoms with Gasteiger partial charge in [-0.25, -0.2) is 9.97 Å². The van der Waals surface area contributed by atoms with Crippen LogP contribution in [-0.2, 0) is 0 Å². The van der Waals surface area contributed by atoms with Crippen molar-refractivity contribution < 1.29 is 0 Å². The Hall–Kier alpha value is -5.48. The van der Waals surface area contributed by atoms with E-state index in [1.54, 1.807) is 6.20 Å². The molecule has 0 aliphatic rings. The summed E-state index contributed by atoms with van der Waals surface area (Å²) in [6.07, 6.45) is 1.66. The lowest BCUT2D eigenvalue weighted by atomic mass is 9.97. The second-order valence-corrected chi connectivity index (χ2v) is 10.0. The molecule has 0 atom stereocenters. The van der Waals surface area contributed by atoms with Crippen LogP contribution in [0, 0.1) is 0 Å². The molecule has 0 unspecified atom stereocenters. The number of hydrogen-bond donors (Lipinski definition) is 0. The van der Waals surface area contributed by atoms with Crippen LogP contribution >= 0.6 is 0 Å². The van der Waals surface area contributed by atoms with Crippen molar-refractivity contribution in [3.63, 3.8) is 0 Å². The molecule has 6 aromatic carbocycles. The van der Waals surface area contributed by atoms with Crippen LogP contribution in [0.15, 0.2) is 134 Å². The topological polar surface area (TPSA) is 51.6 Å². The molecule has 0 N–H and O–H groups in total. The van der Waals surface area contributed by atoms with E-state index >= 15 is 0 Å². The molecule has 8 aromatic rings. The predicted octanol–water partition coefficient (Wildman–Crippen LogP) is 8.88. The zero-order valence-corrected chi connectivity index (χ0v) is 21.5. The van der Waals surface area contributed by atoms with E-state index in [1.807, 2.05) is 12.1 Å². The van der Waals surface area contributed by atoms with Crippen LogP contribution < -0.4 is 0 Å². The molecule has 0 radical (unpaired) electrons. The van der Waals surface area contributed by atoms with Gasteiger partial charge in [-0.05, 0) is 73.4 Å².